The molecule has 0 amide bonds. The third-order valence-corrected chi connectivity index (χ3v) is 3.66. The lowest BCUT2D eigenvalue weighted by Crippen LogP contribution is -2.07. The monoisotopic (exact) mass is 311 g/mol. The first-order chi connectivity index (χ1) is 11.2. The van der Waals surface area contributed by atoms with Gasteiger partial charge in [0.25, 0.3) is 0 Å². The number of methoxy groups -OCH3 is 1. The Morgan fingerprint density at radius 2 is 2.00 bits per heavy atom. The van der Waals surface area contributed by atoms with Crippen molar-refractivity contribution >= 4 is 12.7 Å². The molecule has 1 aromatic heterocycles. The second-order valence-electron chi connectivity index (χ2n) is 5.15. The van der Waals surface area contributed by atoms with Crippen molar-refractivity contribution in [2.75, 3.05) is 20.3 Å². The summed E-state index contributed by atoms with van der Waals surface area (Å²) >= 11 is 0. The molecule has 0 fully saturated rings. The van der Waals surface area contributed by atoms with Crippen LogP contribution in [0.3, 0.4) is 0 Å². The van der Waals surface area contributed by atoms with Crippen molar-refractivity contribution in [1.82, 2.24) is 4.98 Å². The summed E-state index contributed by atoms with van der Waals surface area (Å²) in [6, 6.07) is 7.82. The first-order valence-corrected chi connectivity index (χ1v) is 7.48. The SMILES string of the molecule is CCOc1cc(-c2cncc(C3=CB(O)OC3)c2)ccc1OC. The Hall–Kier alpha value is -2.31. The van der Waals surface area contributed by atoms with Crippen LogP contribution in [0.15, 0.2) is 42.6 Å². The summed E-state index contributed by atoms with van der Waals surface area (Å²) in [5.41, 5.74) is 3.83. The van der Waals surface area contributed by atoms with E-state index in [9.17, 15) is 5.02 Å². The maximum Gasteiger partial charge on any atom is 0.484 e. The number of aromatic nitrogens is 1. The minimum Gasteiger partial charge on any atom is -0.493 e. The van der Waals surface area contributed by atoms with E-state index in [0.29, 0.717) is 24.7 Å². The Balaban J connectivity index is 1.96. The van der Waals surface area contributed by atoms with Crippen molar-refractivity contribution in [2.45, 2.75) is 6.92 Å². The molecule has 0 bridgehead atoms. The highest BCUT2D eigenvalue weighted by atomic mass is 16.5. The first-order valence-electron chi connectivity index (χ1n) is 7.48. The van der Waals surface area contributed by atoms with Gasteiger partial charge in [0.1, 0.15) is 0 Å². The predicted octanol–water partition coefficient (Wildman–Crippen LogP) is 2.59. The van der Waals surface area contributed by atoms with Crippen LogP contribution in [0.2, 0.25) is 0 Å². The molecule has 6 heteroatoms. The Morgan fingerprint density at radius 1 is 1.17 bits per heavy atom. The summed E-state index contributed by atoms with van der Waals surface area (Å²) in [6.45, 7) is 2.89. The van der Waals surface area contributed by atoms with Gasteiger partial charge in [0.15, 0.2) is 11.5 Å². The van der Waals surface area contributed by atoms with E-state index in [1.54, 1.807) is 25.5 Å². The molecular weight excluding hydrogens is 293 g/mol. The molecule has 0 spiro atoms. The zero-order valence-electron chi connectivity index (χ0n) is 13.2. The van der Waals surface area contributed by atoms with Crippen LogP contribution in [-0.2, 0) is 4.65 Å². The Labute approximate surface area is 135 Å². The summed E-state index contributed by atoms with van der Waals surface area (Å²) < 4.78 is 16.1. The molecule has 1 N–H and O–H groups in total. The highest BCUT2D eigenvalue weighted by Gasteiger charge is 2.20. The number of hydrogen-bond donors (Lipinski definition) is 1. The Morgan fingerprint density at radius 3 is 2.70 bits per heavy atom. The van der Waals surface area contributed by atoms with E-state index < -0.39 is 7.12 Å². The minimum atomic E-state index is -0.834. The van der Waals surface area contributed by atoms with Gasteiger partial charge in [0, 0.05) is 18.0 Å². The normalized spacial score (nSPS) is 13.9. The summed E-state index contributed by atoms with van der Waals surface area (Å²) in [5, 5.41) is 9.45. The standard InChI is InChI=1S/C17H18BNO4/c1-3-22-17-7-12(4-5-16(17)21-2)13-6-14(10-19-9-13)15-8-18(20)23-11-15/h4-10,20H,3,11H2,1-2H3. The van der Waals surface area contributed by atoms with Crippen molar-refractivity contribution in [3.8, 4) is 22.6 Å². The number of ether oxygens (including phenoxy) is 2. The molecule has 0 unspecified atom stereocenters. The number of hydrogen-bond acceptors (Lipinski definition) is 5. The largest absolute Gasteiger partial charge is 0.493 e. The van der Waals surface area contributed by atoms with Crippen molar-refractivity contribution in [3.63, 3.8) is 0 Å². The molecular formula is C17H18BNO4. The third kappa shape index (κ3) is 3.38. The van der Waals surface area contributed by atoms with E-state index in [1.165, 1.54) is 0 Å². The van der Waals surface area contributed by atoms with Crippen LogP contribution in [0.5, 0.6) is 11.5 Å². The van der Waals surface area contributed by atoms with Gasteiger partial charge in [-0.2, -0.15) is 0 Å². The summed E-state index contributed by atoms with van der Waals surface area (Å²) in [7, 11) is 0.789. The summed E-state index contributed by atoms with van der Waals surface area (Å²) in [4.78, 5) is 4.30. The molecule has 0 saturated carbocycles. The van der Waals surface area contributed by atoms with Crippen LogP contribution < -0.4 is 9.47 Å². The number of pyridine rings is 1. The fourth-order valence-electron chi connectivity index (χ4n) is 2.52. The van der Waals surface area contributed by atoms with E-state index in [4.69, 9.17) is 14.1 Å². The first kappa shape index (κ1) is 15.6. The predicted molar refractivity (Wildman–Crippen MR) is 89.3 cm³/mol. The van der Waals surface area contributed by atoms with E-state index in [-0.39, 0.29) is 0 Å². The zero-order chi connectivity index (χ0) is 16.2. The Kier molecular flexibility index (Phi) is 4.64. The van der Waals surface area contributed by atoms with Crippen molar-refractivity contribution < 1.29 is 19.2 Å². The second kappa shape index (κ2) is 6.85. The fourth-order valence-corrected chi connectivity index (χ4v) is 2.52. The molecule has 1 aromatic carbocycles. The minimum absolute atomic E-state index is 0.388. The number of benzene rings is 1. The lowest BCUT2D eigenvalue weighted by atomic mass is 9.89. The van der Waals surface area contributed by atoms with E-state index in [1.807, 2.05) is 31.2 Å². The second-order valence-corrected chi connectivity index (χ2v) is 5.15. The molecule has 5 nitrogen and oxygen atoms in total. The lowest BCUT2D eigenvalue weighted by Gasteiger charge is -2.12. The maximum absolute atomic E-state index is 9.45. The van der Waals surface area contributed by atoms with Crippen molar-refractivity contribution in [3.05, 3.63) is 48.2 Å². The van der Waals surface area contributed by atoms with Crippen LogP contribution in [0.1, 0.15) is 12.5 Å². The molecule has 2 heterocycles. The van der Waals surface area contributed by atoms with Crippen LogP contribution in [-0.4, -0.2) is 37.4 Å². The molecule has 1 aliphatic rings. The lowest BCUT2D eigenvalue weighted by molar-refractivity contribution is 0.311. The van der Waals surface area contributed by atoms with Gasteiger partial charge in [0.05, 0.1) is 20.3 Å². The number of rotatable bonds is 5. The van der Waals surface area contributed by atoms with E-state index >= 15 is 0 Å². The van der Waals surface area contributed by atoms with Crippen molar-refractivity contribution in [2.24, 2.45) is 0 Å². The van der Waals surface area contributed by atoms with Gasteiger partial charge >= 0.3 is 7.12 Å². The molecule has 23 heavy (non-hydrogen) atoms. The molecule has 2 aromatic rings. The van der Waals surface area contributed by atoms with E-state index in [0.717, 1.165) is 22.3 Å². The van der Waals surface area contributed by atoms with E-state index in [2.05, 4.69) is 4.98 Å². The fraction of sp³-hybridized carbons (Fsp3) is 0.235. The van der Waals surface area contributed by atoms with Gasteiger partial charge in [-0.15, -0.1) is 0 Å². The maximum atomic E-state index is 9.45. The molecule has 3 rings (SSSR count). The molecule has 0 aliphatic carbocycles. The van der Waals surface area contributed by atoms with Gasteiger partial charge in [-0.25, -0.2) is 0 Å². The Bertz CT molecular complexity index is 732. The highest BCUT2D eigenvalue weighted by Crippen LogP contribution is 2.33. The average molecular weight is 311 g/mol. The molecule has 0 atom stereocenters. The molecule has 118 valence electrons. The highest BCUT2D eigenvalue weighted by molar-refractivity contribution is 6.52. The van der Waals surface area contributed by atoms with Gasteiger partial charge in [-0.05, 0) is 47.8 Å². The van der Waals surface area contributed by atoms with Crippen molar-refractivity contribution in [1.29, 1.82) is 0 Å². The summed E-state index contributed by atoms with van der Waals surface area (Å²) in [5.74, 6) is 3.10. The topological polar surface area (TPSA) is 60.8 Å². The number of nitrogens with zero attached hydrogens (tertiary/aromatic N) is 1. The third-order valence-electron chi connectivity index (χ3n) is 3.66. The smallest absolute Gasteiger partial charge is 0.484 e. The van der Waals surface area contributed by atoms with Gasteiger partial charge in [0.2, 0.25) is 0 Å². The van der Waals surface area contributed by atoms with Crippen LogP contribution in [0, 0.1) is 0 Å². The quantitative estimate of drug-likeness (QED) is 0.860. The molecule has 0 radical (unpaired) electrons. The average Bonchev–Trinajstić information content (AvgIpc) is 3.02. The summed E-state index contributed by atoms with van der Waals surface area (Å²) in [6.07, 6.45) is 3.57. The zero-order valence-corrected chi connectivity index (χ0v) is 13.2. The molecule has 0 saturated heterocycles. The molecule has 1 aliphatic heterocycles. The van der Waals surface area contributed by atoms with Gasteiger partial charge < -0.3 is 19.2 Å². The van der Waals surface area contributed by atoms with Crippen LogP contribution >= 0.6 is 0 Å². The van der Waals surface area contributed by atoms with Gasteiger partial charge in [-0.3, -0.25) is 4.98 Å². The van der Waals surface area contributed by atoms with Crippen LogP contribution in [0.25, 0.3) is 16.7 Å². The van der Waals surface area contributed by atoms with Gasteiger partial charge in [-0.1, -0.05) is 6.07 Å². The van der Waals surface area contributed by atoms with Crippen LogP contribution in [0.4, 0.5) is 0 Å².